The van der Waals surface area contributed by atoms with Gasteiger partial charge in [0.2, 0.25) is 17.5 Å². The van der Waals surface area contributed by atoms with Gasteiger partial charge in [0, 0.05) is 17.1 Å². The number of anilines is 1. The Morgan fingerprint density at radius 3 is 2.05 bits per heavy atom. The molecular formula is C47H49BrN6O8. The number of benzene rings is 4. The van der Waals surface area contributed by atoms with E-state index in [1.807, 2.05) is 54.6 Å². The topological polar surface area (TPSA) is 173 Å². The Balaban J connectivity index is 1.30. The van der Waals surface area contributed by atoms with Crippen LogP contribution < -0.4 is 20.9 Å². The van der Waals surface area contributed by atoms with Gasteiger partial charge in [-0.1, -0.05) is 71.9 Å². The number of rotatable bonds is 13. The Morgan fingerprint density at radius 1 is 0.790 bits per heavy atom. The number of hydrogen-bond donors (Lipinski definition) is 2. The molecule has 322 valence electrons. The lowest BCUT2D eigenvalue weighted by atomic mass is 10.0. The highest BCUT2D eigenvalue weighted by atomic mass is 79.9. The first-order valence-corrected chi connectivity index (χ1v) is 20.7. The van der Waals surface area contributed by atoms with E-state index in [4.69, 9.17) is 14.2 Å². The summed E-state index contributed by atoms with van der Waals surface area (Å²) in [6, 6.07) is 26.4. The maximum Gasteiger partial charge on any atom is 0.362 e. The standard InChI is InChI=1S/C47H49BrN6O8/c1-28-36(48)27-53(26-30-16-21-35(60-8)22-17-30)43(57)39(28)50-42(56)37(49-38(55)25-31-13-18-32-11-9-10-12-33(32)23-31)24-29-14-19-34(20-15-29)54-41(45(59)62-47(5,6)7)40(51-52-54)44(58)61-46(2,3)4/h9-23,27,37H,24-26H2,1-8H3,(H,49,55)(H,50,56)/t37-/m0/s1. The van der Waals surface area contributed by atoms with E-state index in [0.29, 0.717) is 27.0 Å². The molecule has 6 rings (SSSR count). The van der Waals surface area contributed by atoms with Crippen LogP contribution in [0, 0.1) is 6.92 Å². The minimum absolute atomic E-state index is 0.00213. The largest absolute Gasteiger partial charge is 0.497 e. The zero-order valence-electron chi connectivity index (χ0n) is 35.9. The summed E-state index contributed by atoms with van der Waals surface area (Å²) in [6.45, 7) is 12.1. The van der Waals surface area contributed by atoms with Gasteiger partial charge in [0.05, 0.1) is 25.8 Å². The van der Waals surface area contributed by atoms with Crippen LogP contribution in [0.5, 0.6) is 5.75 Å². The molecule has 2 heterocycles. The van der Waals surface area contributed by atoms with Gasteiger partial charge >= 0.3 is 11.9 Å². The first kappa shape index (κ1) is 44.9. The number of fused-ring (bicyclic) bond motifs is 1. The fraction of sp³-hybridized carbons (Fsp3) is 0.298. The van der Waals surface area contributed by atoms with Crippen LogP contribution in [0.25, 0.3) is 16.5 Å². The van der Waals surface area contributed by atoms with Crippen LogP contribution in [-0.4, -0.2) is 67.7 Å². The zero-order valence-corrected chi connectivity index (χ0v) is 37.5. The summed E-state index contributed by atoms with van der Waals surface area (Å²) < 4.78 is 19.7. The molecule has 0 unspecified atom stereocenters. The fourth-order valence-electron chi connectivity index (χ4n) is 6.55. The van der Waals surface area contributed by atoms with E-state index in [9.17, 15) is 24.0 Å². The number of esters is 2. The third-order valence-electron chi connectivity index (χ3n) is 9.54. The van der Waals surface area contributed by atoms with Gasteiger partial charge in [0.25, 0.3) is 5.56 Å². The highest BCUT2D eigenvalue weighted by molar-refractivity contribution is 9.10. The van der Waals surface area contributed by atoms with Crippen LogP contribution in [-0.2, 0) is 38.4 Å². The molecule has 2 N–H and O–H groups in total. The van der Waals surface area contributed by atoms with E-state index in [2.05, 4.69) is 36.9 Å². The number of methoxy groups -OCH3 is 1. The second-order valence-corrected chi connectivity index (χ2v) is 17.7. The average Bonchev–Trinajstić information content (AvgIpc) is 3.66. The van der Waals surface area contributed by atoms with E-state index in [1.165, 1.54) is 9.25 Å². The van der Waals surface area contributed by atoms with Gasteiger partial charge in [-0.15, -0.1) is 5.10 Å². The summed E-state index contributed by atoms with van der Waals surface area (Å²) in [7, 11) is 1.58. The fourth-order valence-corrected chi connectivity index (χ4v) is 7.00. The third-order valence-corrected chi connectivity index (χ3v) is 10.3. The Morgan fingerprint density at radius 2 is 1.40 bits per heavy atom. The number of nitrogens with one attached hydrogen (secondary N) is 2. The van der Waals surface area contributed by atoms with Crippen molar-refractivity contribution in [1.82, 2.24) is 24.9 Å². The summed E-state index contributed by atoms with van der Waals surface area (Å²) in [5.41, 5.74) is 0.425. The van der Waals surface area contributed by atoms with Gasteiger partial charge in [0.15, 0.2) is 5.69 Å². The van der Waals surface area contributed by atoms with E-state index >= 15 is 0 Å². The van der Waals surface area contributed by atoms with E-state index in [1.54, 1.807) is 98.2 Å². The van der Waals surface area contributed by atoms with Crippen molar-refractivity contribution in [2.24, 2.45) is 0 Å². The molecule has 62 heavy (non-hydrogen) atoms. The Bertz CT molecular complexity index is 2690. The number of aromatic nitrogens is 4. The number of hydrogen-bond acceptors (Lipinski definition) is 10. The van der Waals surface area contributed by atoms with Gasteiger partial charge < -0.3 is 29.4 Å². The van der Waals surface area contributed by atoms with Gasteiger partial charge in [0.1, 0.15) is 28.7 Å². The number of pyridine rings is 1. The van der Waals surface area contributed by atoms with Crippen LogP contribution in [0.2, 0.25) is 0 Å². The monoisotopic (exact) mass is 904 g/mol. The maximum atomic E-state index is 14.3. The normalized spacial score (nSPS) is 12.1. The van der Waals surface area contributed by atoms with Crippen molar-refractivity contribution >= 4 is 56.1 Å². The van der Waals surface area contributed by atoms with Crippen LogP contribution in [0.15, 0.2) is 106 Å². The minimum Gasteiger partial charge on any atom is -0.497 e. The van der Waals surface area contributed by atoms with E-state index < -0.39 is 46.6 Å². The van der Waals surface area contributed by atoms with Crippen molar-refractivity contribution < 1.29 is 33.4 Å². The van der Waals surface area contributed by atoms with Crippen molar-refractivity contribution in [2.75, 3.05) is 12.4 Å². The first-order chi connectivity index (χ1) is 29.3. The SMILES string of the molecule is COc1ccc(Cn2cc(Br)c(C)c(NC(=O)[C@H](Cc3ccc(-n4nnc(C(=O)OC(C)(C)C)c4C(=O)OC(C)(C)C)cc3)NC(=O)Cc3ccc4ccccc4c3)c2=O)cc1. The molecule has 0 fully saturated rings. The first-order valence-electron chi connectivity index (χ1n) is 19.9. The highest BCUT2D eigenvalue weighted by Crippen LogP contribution is 2.24. The molecule has 6 aromatic rings. The number of carbonyl (C=O) groups excluding carboxylic acids is 4. The molecule has 0 aliphatic carbocycles. The summed E-state index contributed by atoms with van der Waals surface area (Å²) in [5.74, 6) is -2.01. The maximum absolute atomic E-state index is 14.3. The molecule has 0 saturated heterocycles. The second-order valence-electron chi connectivity index (χ2n) is 16.8. The van der Waals surface area contributed by atoms with Crippen LogP contribution in [0.4, 0.5) is 5.69 Å². The molecule has 0 aliphatic rings. The predicted octanol–water partition coefficient (Wildman–Crippen LogP) is 7.53. The molecule has 0 aliphatic heterocycles. The zero-order chi connectivity index (χ0) is 44.9. The summed E-state index contributed by atoms with van der Waals surface area (Å²) >= 11 is 3.55. The Labute approximate surface area is 367 Å². The summed E-state index contributed by atoms with van der Waals surface area (Å²) in [4.78, 5) is 68.6. The van der Waals surface area contributed by atoms with E-state index in [0.717, 1.165) is 21.9 Å². The molecular weight excluding hydrogens is 856 g/mol. The number of nitrogens with zero attached hydrogens (tertiary/aromatic N) is 4. The average molecular weight is 906 g/mol. The Hall–Kier alpha value is -6.61. The molecule has 14 nitrogen and oxygen atoms in total. The van der Waals surface area contributed by atoms with Crippen LogP contribution in [0.1, 0.15) is 84.8 Å². The molecule has 0 bridgehead atoms. The minimum atomic E-state index is -1.14. The van der Waals surface area contributed by atoms with Gasteiger partial charge in [-0.2, -0.15) is 0 Å². The number of halogens is 1. The lowest BCUT2D eigenvalue weighted by molar-refractivity contribution is -0.126. The summed E-state index contributed by atoms with van der Waals surface area (Å²) in [5, 5.41) is 15.9. The number of amides is 2. The third kappa shape index (κ3) is 11.2. The molecule has 0 spiro atoms. The lowest BCUT2D eigenvalue weighted by Crippen LogP contribution is -2.46. The van der Waals surface area contributed by atoms with Crippen molar-refractivity contribution in [3.63, 3.8) is 0 Å². The molecule has 4 aromatic carbocycles. The summed E-state index contributed by atoms with van der Waals surface area (Å²) in [6.07, 6.45) is 1.68. The molecule has 15 heteroatoms. The molecule has 0 saturated carbocycles. The van der Waals surface area contributed by atoms with Crippen molar-refractivity contribution in [3.05, 3.63) is 146 Å². The molecule has 1 atom stereocenters. The molecule has 2 amide bonds. The van der Waals surface area contributed by atoms with Gasteiger partial charge in [-0.25, -0.2) is 14.3 Å². The molecule has 0 radical (unpaired) electrons. The second kappa shape index (κ2) is 18.6. The number of carbonyl (C=O) groups is 4. The van der Waals surface area contributed by atoms with Gasteiger partial charge in [-0.3, -0.25) is 14.4 Å². The smallest absolute Gasteiger partial charge is 0.362 e. The van der Waals surface area contributed by atoms with Gasteiger partial charge in [-0.05, 0) is 122 Å². The highest BCUT2D eigenvalue weighted by Gasteiger charge is 2.33. The lowest BCUT2D eigenvalue weighted by Gasteiger charge is -2.21. The van der Waals surface area contributed by atoms with Crippen molar-refractivity contribution in [2.45, 2.75) is 85.1 Å². The molecule has 2 aromatic heterocycles. The van der Waals surface area contributed by atoms with Crippen molar-refractivity contribution in [1.29, 1.82) is 0 Å². The predicted molar refractivity (Wildman–Crippen MR) is 239 cm³/mol. The number of ether oxygens (including phenoxy) is 3. The quantitative estimate of drug-likeness (QED) is 0.110. The van der Waals surface area contributed by atoms with Crippen molar-refractivity contribution in [3.8, 4) is 11.4 Å². The Kier molecular flexibility index (Phi) is 13.5. The van der Waals surface area contributed by atoms with E-state index in [-0.39, 0.29) is 36.5 Å². The van der Waals surface area contributed by atoms with Crippen LogP contribution >= 0.6 is 15.9 Å². The van der Waals surface area contributed by atoms with Crippen LogP contribution in [0.3, 0.4) is 0 Å².